The lowest BCUT2D eigenvalue weighted by Gasteiger charge is -2.25. The van der Waals surface area contributed by atoms with Gasteiger partial charge in [-0.05, 0) is 31.6 Å². The summed E-state index contributed by atoms with van der Waals surface area (Å²) in [6.07, 6.45) is 9.30. The molecule has 0 saturated heterocycles. The Kier molecular flexibility index (Phi) is 6.36. The van der Waals surface area contributed by atoms with E-state index >= 15 is 0 Å². The van der Waals surface area contributed by atoms with E-state index < -0.39 is 0 Å². The van der Waals surface area contributed by atoms with Crippen LogP contribution in [0.4, 0.5) is 0 Å². The van der Waals surface area contributed by atoms with Gasteiger partial charge in [-0.2, -0.15) is 0 Å². The number of nitrogens with one attached hydrogen (secondary N) is 2. The van der Waals surface area contributed by atoms with Gasteiger partial charge in [-0.15, -0.1) is 0 Å². The van der Waals surface area contributed by atoms with Crippen LogP contribution in [0.3, 0.4) is 0 Å². The normalized spacial score (nSPS) is 26.6. The molecule has 2 N–H and O–H groups in total. The standard InChI is InChI=1S/C14H28N2/c1-4-11-15-13(3)16-14-8-6-5-7-12(2)9-10-14/h12,14-16H,3-11H2,1-2H3/t12-,14?/m1/s1. The summed E-state index contributed by atoms with van der Waals surface area (Å²) in [5, 5.41) is 6.86. The predicted octanol–water partition coefficient (Wildman–Crippen LogP) is 3.41. The quantitative estimate of drug-likeness (QED) is 0.748. The van der Waals surface area contributed by atoms with Crippen LogP contribution in [0.25, 0.3) is 0 Å². The van der Waals surface area contributed by atoms with Crippen molar-refractivity contribution in [2.45, 2.75) is 64.8 Å². The molecular formula is C14H28N2. The monoisotopic (exact) mass is 224 g/mol. The van der Waals surface area contributed by atoms with Gasteiger partial charge in [-0.3, -0.25) is 0 Å². The summed E-state index contributed by atoms with van der Waals surface area (Å²) < 4.78 is 0. The Labute approximate surface area is 101 Å². The zero-order valence-corrected chi connectivity index (χ0v) is 11.0. The topological polar surface area (TPSA) is 24.1 Å². The molecule has 2 nitrogen and oxygen atoms in total. The van der Waals surface area contributed by atoms with Crippen LogP contribution < -0.4 is 10.6 Å². The fourth-order valence-corrected chi connectivity index (χ4v) is 2.38. The van der Waals surface area contributed by atoms with Gasteiger partial charge in [0.1, 0.15) is 0 Å². The Bertz CT molecular complexity index is 201. The van der Waals surface area contributed by atoms with Crippen LogP contribution in [0, 0.1) is 5.92 Å². The first-order chi connectivity index (χ1) is 7.72. The van der Waals surface area contributed by atoms with Crippen molar-refractivity contribution in [3.8, 4) is 0 Å². The van der Waals surface area contributed by atoms with E-state index in [9.17, 15) is 0 Å². The lowest BCUT2D eigenvalue weighted by Crippen LogP contribution is -2.35. The summed E-state index contributed by atoms with van der Waals surface area (Å²) in [7, 11) is 0. The van der Waals surface area contributed by atoms with Gasteiger partial charge >= 0.3 is 0 Å². The Morgan fingerprint density at radius 2 is 1.94 bits per heavy atom. The average Bonchev–Trinajstić information content (AvgIpc) is 2.25. The summed E-state index contributed by atoms with van der Waals surface area (Å²) in [5.41, 5.74) is 0. The molecule has 0 spiro atoms. The summed E-state index contributed by atoms with van der Waals surface area (Å²) in [6, 6.07) is 0.639. The van der Waals surface area contributed by atoms with E-state index in [2.05, 4.69) is 31.1 Å². The molecular weight excluding hydrogens is 196 g/mol. The van der Waals surface area contributed by atoms with Gasteiger partial charge in [0, 0.05) is 12.6 Å². The molecule has 0 amide bonds. The van der Waals surface area contributed by atoms with E-state index in [1.165, 1.54) is 38.5 Å². The van der Waals surface area contributed by atoms with Gasteiger partial charge in [0.2, 0.25) is 0 Å². The van der Waals surface area contributed by atoms with Crippen molar-refractivity contribution in [3.05, 3.63) is 12.4 Å². The van der Waals surface area contributed by atoms with Crippen LogP contribution in [0.5, 0.6) is 0 Å². The minimum absolute atomic E-state index is 0.639. The molecule has 0 aliphatic heterocycles. The first kappa shape index (κ1) is 13.4. The summed E-state index contributed by atoms with van der Waals surface area (Å²) in [5.74, 6) is 1.92. The van der Waals surface area contributed by atoms with E-state index in [4.69, 9.17) is 0 Å². The van der Waals surface area contributed by atoms with E-state index in [0.29, 0.717) is 6.04 Å². The molecule has 0 bridgehead atoms. The molecule has 0 heterocycles. The lowest BCUT2D eigenvalue weighted by molar-refractivity contribution is 0.348. The Balaban J connectivity index is 2.25. The van der Waals surface area contributed by atoms with Gasteiger partial charge in [0.15, 0.2) is 0 Å². The fraction of sp³-hybridized carbons (Fsp3) is 0.857. The van der Waals surface area contributed by atoms with Crippen molar-refractivity contribution in [2.75, 3.05) is 6.54 Å². The van der Waals surface area contributed by atoms with Crippen LogP contribution in [-0.4, -0.2) is 12.6 Å². The predicted molar refractivity (Wildman–Crippen MR) is 71.2 cm³/mol. The maximum atomic E-state index is 4.04. The second-order valence-corrected chi connectivity index (χ2v) is 5.21. The van der Waals surface area contributed by atoms with Gasteiger partial charge in [0.05, 0.1) is 5.82 Å². The zero-order chi connectivity index (χ0) is 11.8. The Morgan fingerprint density at radius 3 is 2.69 bits per heavy atom. The highest BCUT2D eigenvalue weighted by Gasteiger charge is 2.14. The minimum atomic E-state index is 0.639. The summed E-state index contributed by atoms with van der Waals surface area (Å²) in [6.45, 7) is 9.62. The van der Waals surface area contributed by atoms with Crippen molar-refractivity contribution >= 4 is 0 Å². The molecule has 0 aromatic carbocycles. The van der Waals surface area contributed by atoms with Gasteiger partial charge < -0.3 is 10.6 Å². The highest BCUT2D eigenvalue weighted by molar-refractivity contribution is 4.91. The average molecular weight is 224 g/mol. The van der Waals surface area contributed by atoms with Gasteiger partial charge in [-0.1, -0.05) is 39.7 Å². The van der Waals surface area contributed by atoms with Crippen molar-refractivity contribution in [1.82, 2.24) is 10.6 Å². The molecule has 0 aromatic rings. The van der Waals surface area contributed by atoms with Crippen LogP contribution in [-0.2, 0) is 0 Å². The maximum Gasteiger partial charge on any atom is 0.0914 e. The number of rotatable bonds is 5. The van der Waals surface area contributed by atoms with E-state index in [1.54, 1.807) is 0 Å². The van der Waals surface area contributed by atoms with Gasteiger partial charge in [-0.25, -0.2) is 0 Å². The van der Waals surface area contributed by atoms with Crippen LogP contribution >= 0.6 is 0 Å². The number of hydrogen-bond acceptors (Lipinski definition) is 2. The van der Waals surface area contributed by atoms with E-state index in [-0.39, 0.29) is 0 Å². The summed E-state index contributed by atoms with van der Waals surface area (Å²) >= 11 is 0. The molecule has 1 aliphatic carbocycles. The number of hydrogen-bond donors (Lipinski definition) is 2. The smallest absolute Gasteiger partial charge is 0.0914 e. The molecule has 1 unspecified atom stereocenters. The van der Waals surface area contributed by atoms with Crippen molar-refractivity contribution < 1.29 is 0 Å². The second-order valence-electron chi connectivity index (χ2n) is 5.21. The minimum Gasteiger partial charge on any atom is -0.372 e. The molecule has 1 aliphatic rings. The zero-order valence-electron chi connectivity index (χ0n) is 11.0. The van der Waals surface area contributed by atoms with Crippen LogP contribution in [0.15, 0.2) is 12.4 Å². The molecule has 1 saturated carbocycles. The van der Waals surface area contributed by atoms with E-state index in [0.717, 1.165) is 24.7 Å². The molecule has 2 heteroatoms. The first-order valence-corrected chi connectivity index (χ1v) is 6.91. The second kappa shape index (κ2) is 7.59. The third-order valence-corrected chi connectivity index (χ3v) is 3.47. The Morgan fingerprint density at radius 1 is 1.19 bits per heavy atom. The summed E-state index contributed by atoms with van der Waals surface area (Å²) in [4.78, 5) is 0. The molecule has 16 heavy (non-hydrogen) atoms. The molecule has 94 valence electrons. The van der Waals surface area contributed by atoms with Crippen LogP contribution in [0.1, 0.15) is 58.8 Å². The molecule has 0 aromatic heterocycles. The largest absolute Gasteiger partial charge is 0.372 e. The van der Waals surface area contributed by atoms with Gasteiger partial charge in [0.25, 0.3) is 0 Å². The van der Waals surface area contributed by atoms with Crippen molar-refractivity contribution in [1.29, 1.82) is 0 Å². The lowest BCUT2D eigenvalue weighted by atomic mass is 9.90. The third kappa shape index (κ3) is 5.43. The fourth-order valence-electron chi connectivity index (χ4n) is 2.38. The maximum absolute atomic E-state index is 4.04. The molecule has 1 fully saturated rings. The van der Waals surface area contributed by atoms with Crippen molar-refractivity contribution in [3.63, 3.8) is 0 Å². The van der Waals surface area contributed by atoms with Crippen molar-refractivity contribution in [2.24, 2.45) is 5.92 Å². The molecule has 0 radical (unpaired) electrons. The highest BCUT2D eigenvalue weighted by Crippen LogP contribution is 2.22. The highest BCUT2D eigenvalue weighted by atomic mass is 15.1. The Hall–Kier alpha value is -0.660. The first-order valence-electron chi connectivity index (χ1n) is 6.91. The molecule has 1 rings (SSSR count). The SMILES string of the molecule is C=C(NCCC)NC1CCCC[C@@H](C)CC1. The van der Waals surface area contributed by atoms with Crippen LogP contribution in [0.2, 0.25) is 0 Å². The molecule has 2 atom stereocenters. The van der Waals surface area contributed by atoms with E-state index in [1.807, 2.05) is 0 Å². The third-order valence-electron chi connectivity index (χ3n) is 3.47.